The summed E-state index contributed by atoms with van der Waals surface area (Å²) in [6, 6.07) is 0. The molecule has 0 aliphatic carbocycles. The van der Waals surface area contributed by atoms with Crippen LogP contribution in [0.25, 0.3) is 0 Å². The Balaban J connectivity index is 2.84. The molecule has 0 aliphatic rings. The van der Waals surface area contributed by atoms with Gasteiger partial charge >= 0.3 is 0 Å². The molecule has 0 saturated carbocycles. The molecule has 0 amide bonds. The van der Waals surface area contributed by atoms with E-state index in [2.05, 4.69) is 6.92 Å². The summed E-state index contributed by atoms with van der Waals surface area (Å²) in [5.74, 6) is 0. The monoisotopic (exact) mass is 207 g/mol. The molecule has 0 fully saturated rings. The zero-order valence-corrected chi connectivity index (χ0v) is 9.43. The summed E-state index contributed by atoms with van der Waals surface area (Å²) in [6.45, 7) is 2.82. The molecule has 1 unspecified atom stereocenters. The summed E-state index contributed by atoms with van der Waals surface area (Å²) in [4.78, 5) is 8.65. The lowest BCUT2D eigenvalue weighted by atomic mass is 10.1. The molecular weight excluding hydrogens is 185 g/mol. The molecule has 0 aliphatic heterocycles. The average molecular weight is 207 g/mol. The normalized spacial score (nSPS) is 13.2. The number of rotatable bonds is 9. The molecule has 4 heteroatoms. The third kappa shape index (κ3) is 12.3. The molecule has 13 heavy (non-hydrogen) atoms. The Bertz CT molecular complexity index is 102. The van der Waals surface area contributed by atoms with Crippen LogP contribution in [0.15, 0.2) is 0 Å². The Labute approximate surface area is 82.6 Å². The van der Waals surface area contributed by atoms with Gasteiger partial charge in [0.05, 0.1) is 6.61 Å². The Morgan fingerprint density at radius 1 is 1.08 bits per heavy atom. The Morgan fingerprint density at radius 2 is 1.62 bits per heavy atom. The third-order valence-electron chi connectivity index (χ3n) is 1.97. The highest BCUT2D eigenvalue weighted by Crippen LogP contribution is 2.19. The van der Waals surface area contributed by atoms with Crippen LogP contribution in [-0.2, 0) is 4.52 Å². The zero-order valence-electron chi connectivity index (χ0n) is 8.54. The lowest BCUT2D eigenvalue weighted by molar-refractivity contribution is 0.298. The van der Waals surface area contributed by atoms with Crippen LogP contribution in [0, 0.1) is 0 Å². The van der Waals surface area contributed by atoms with Gasteiger partial charge in [-0.1, -0.05) is 45.4 Å². The van der Waals surface area contributed by atoms with Gasteiger partial charge in [0.1, 0.15) is 0 Å². The number of hydrogen-bond acceptors (Lipinski definition) is 3. The van der Waals surface area contributed by atoms with Gasteiger partial charge in [-0.05, 0) is 6.42 Å². The van der Waals surface area contributed by atoms with E-state index in [0.29, 0.717) is 6.61 Å². The summed E-state index contributed by atoms with van der Waals surface area (Å²) in [5.41, 5.74) is 5.07. The minimum Gasteiger partial charge on any atom is -0.338 e. The second-order valence-corrected chi connectivity index (χ2v) is 4.12. The van der Waals surface area contributed by atoms with Gasteiger partial charge in [0.25, 0.3) is 0 Å². The van der Waals surface area contributed by atoms with Crippen molar-refractivity contribution in [3.05, 3.63) is 0 Å². The van der Waals surface area contributed by atoms with Gasteiger partial charge in [0.2, 0.25) is 8.53 Å². The van der Waals surface area contributed by atoms with E-state index in [1.807, 2.05) is 0 Å². The highest BCUT2D eigenvalue weighted by molar-refractivity contribution is 7.43. The number of hydrogen-bond donors (Lipinski definition) is 2. The molecule has 3 nitrogen and oxygen atoms in total. The summed E-state index contributed by atoms with van der Waals surface area (Å²) >= 11 is 0. The predicted octanol–water partition coefficient (Wildman–Crippen LogP) is 2.93. The molecule has 0 saturated heterocycles. The first-order valence-electron chi connectivity index (χ1n) is 5.14. The largest absolute Gasteiger partial charge is 0.338 e. The number of unbranched alkanes of at least 4 members (excludes halogenated alkanes) is 6. The van der Waals surface area contributed by atoms with Crippen molar-refractivity contribution in [2.45, 2.75) is 51.9 Å². The van der Waals surface area contributed by atoms with Gasteiger partial charge in [-0.2, -0.15) is 0 Å². The van der Waals surface area contributed by atoms with E-state index < -0.39 is 8.53 Å². The minimum atomic E-state index is -1.63. The van der Waals surface area contributed by atoms with Crippen molar-refractivity contribution in [1.29, 1.82) is 0 Å². The van der Waals surface area contributed by atoms with Crippen LogP contribution in [0.2, 0.25) is 0 Å². The zero-order chi connectivity index (χ0) is 9.94. The van der Waals surface area contributed by atoms with Gasteiger partial charge in [0.15, 0.2) is 0 Å². The van der Waals surface area contributed by atoms with Gasteiger partial charge in [-0.3, -0.25) is 5.50 Å². The van der Waals surface area contributed by atoms with E-state index in [1.54, 1.807) is 0 Å². The fourth-order valence-corrected chi connectivity index (χ4v) is 1.53. The molecule has 0 aromatic heterocycles. The maximum atomic E-state index is 8.65. The van der Waals surface area contributed by atoms with Crippen LogP contribution in [-0.4, -0.2) is 11.5 Å². The lowest BCUT2D eigenvalue weighted by Gasteiger charge is -2.04. The summed E-state index contributed by atoms with van der Waals surface area (Å²) in [6.07, 6.45) is 8.80. The summed E-state index contributed by atoms with van der Waals surface area (Å²) < 4.78 is 4.87. The minimum absolute atomic E-state index is 0.604. The van der Waals surface area contributed by atoms with Gasteiger partial charge < -0.3 is 9.42 Å². The third-order valence-corrected chi connectivity index (χ3v) is 2.42. The standard InChI is InChI=1S/C9H22NO2P/c1-2-3-4-5-6-7-8-9-12-13(10)11/h11H,2-10H2,1H3. The topological polar surface area (TPSA) is 55.5 Å². The van der Waals surface area contributed by atoms with E-state index in [-0.39, 0.29) is 0 Å². The van der Waals surface area contributed by atoms with E-state index >= 15 is 0 Å². The SMILES string of the molecule is CCCCCCCCCOP(N)O. The molecule has 0 heterocycles. The van der Waals surface area contributed by atoms with Crippen LogP contribution in [0.1, 0.15) is 51.9 Å². The second-order valence-electron chi connectivity index (χ2n) is 3.26. The van der Waals surface area contributed by atoms with Crippen LogP contribution >= 0.6 is 8.53 Å². The fourth-order valence-electron chi connectivity index (χ4n) is 1.22. The quantitative estimate of drug-likeness (QED) is 0.451. The van der Waals surface area contributed by atoms with Crippen molar-refractivity contribution >= 4 is 8.53 Å². The first-order chi connectivity index (χ1) is 6.27. The maximum absolute atomic E-state index is 8.65. The maximum Gasteiger partial charge on any atom is 0.250 e. The van der Waals surface area contributed by atoms with E-state index in [9.17, 15) is 0 Å². The van der Waals surface area contributed by atoms with Crippen molar-refractivity contribution in [3.8, 4) is 0 Å². The molecule has 0 rings (SSSR count). The Kier molecular flexibility index (Phi) is 10.6. The van der Waals surface area contributed by atoms with Crippen LogP contribution < -0.4 is 5.50 Å². The van der Waals surface area contributed by atoms with Gasteiger partial charge in [-0.15, -0.1) is 0 Å². The molecule has 0 aromatic carbocycles. The highest BCUT2D eigenvalue weighted by Gasteiger charge is 1.95. The molecule has 0 radical (unpaired) electrons. The fraction of sp³-hybridized carbons (Fsp3) is 1.00. The van der Waals surface area contributed by atoms with E-state index in [4.69, 9.17) is 14.9 Å². The summed E-state index contributed by atoms with van der Waals surface area (Å²) in [7, 11) is -1.63. The number of nitrogens with two attached hydrogens (primary N) is 1. The smallest absolute Gasteiger partial charge is 0.250 e. The second kappa shape index (κ2) is 10.4. The van der Waals surface area contributed by atoms with E-state index in [1.165, 1.54) is 38.5 Å². The van der Waals surface area contributed by atoms with Gasteiger partial charge in [-0.25, -0.2) is 0 Å². The molecule has 0 bridgehead atoms. The first-order valence-corrected chi connectivity index (χ1v) is 6.42. The molecule has 80 valence electrons. The lowest BCUT2D eigenvalue weighted by Crippen LogP contribution is -1.95. The van der Waals surface area contributed by atoms with Crippen LogP contribution in [0.3, 0.4) is 0 Å². The molecule has 0 spiro atoms. The van der Waals surface area contributed by atoms with E-state index in [0.717, 1.165) is 6.42 Å². The molecule has 1 atom stereocenters. The molecular formula is C9H22NO2P. The van der Waals surface area contributed by atoms with Gasteiger partial charge in [0, 0.05) is 0 Å². The van der Waals surface area contributed by atoms with Crippen molar-refractivity contribution in [2.24, 2.45) is 5.50 Å². The van der Waals surface area contributed by atoms with Crippen LogP contribution in [0.4, 0.5) is 0 Å². The molecule has 3 N–H and O–H groups in total. The predicted molar refractivity (Wildman–Crippen MR) is 57.3 cm³/mol. The van der Waals surface area contributed by atoms with Crippen molar-refractivity contribution in [3.63, 3.8) is 0 Å². The van der Waals surface area contributed by atoms with Crippen LogP contribution in [0.5, 0.6) is 0 Å². The summed E-state index contributed by atoms with van der Waals surface area (Å²) in [5, 5.41) is 0. The first kappa shape index (κ1) is 13.3. The van der Waals surface area contributed by atoms with Crippen molar-refractivity contribution < 1.29 is 9.42 Å². The Morgan fingerprint density at radius 3 is 2.15 bits per heavy atom. The van der Waals surface area contributed by atoms with Crippen molar-refractivity contribution in [2.75, 3.05) is 6.61 Å². The highest BCUT2D eigenvalue weighted by atomic mass is 31.2. The molecule has 0 aromatic rings. The Hall–Kier alpha value is 0.310. The average Bonchev–Trinajstić information content (AvgIpc) is 2.09. The van der Waals surface area contributed by atoms with Crippen molar-refractivity contribution in [1.82, 2.24) is 0 Å².